The molecule has 0 amide bonds. The number of hydrogen-bond acceptors (Lipinski definition) is 5. The van der Waals surface area contributed by atoms with Crippen LogP contribution in [0.3, 0.4) is 0 Å². The van der Waals surface area contributed by atoms with Crippen LogP contribution in [0, 0.1) is 15.9 Å². The molecule has 0 aliphatic heterocycles. The normalized spacial score (nSPS) is 10.1. The third-order valence-electron chi connectivity index (χ3n) is 2.86. The van der Waals surface area contributed by atoms with E-state index < -0.39 is 16.5 Å². The molecule has 0 fully saturated rings. The highest BCUT2D eigenvalue weighted by Crippen LogP contribution is 2.22. The third-order valence-corrected chi connectivity index (χ3v) is 2.86. The second-order valence-corrected chi connectivity index (χ2v) is 4.31. The molecule has 2 rings (SSSR count). The van der Waals surface area contributed by atoms with Crippen molar-refractivity contribution in [2.75, 3.05) is 13.7 Å². The molecule has 7 heteroatoms. The summed E-state index contributed by atoms with van der Waals surface area (Å²) in [5.74, 6) is -0.658. The van der Waals surface area contributed by atoms with Gasteiger partial charge in [-0.25, -0.2) is 4.39 Å². The first-order valence-corrected chi connectivity index (χ1v) is 6.25. The lowest BCUT2D eigenvalue weighted by Gasteiger charge is -2.09. The van der Waals surface area contributed by atoms with Crippen LogP contribution in [0.1, 0.15) is 10.4 Å². The largest absolute Gasteiger partial charge is 0.496 e. The van der Waals surface area contributed by atoms with E-state index >= 15 is 0 Å². The topological polar surface area (TPSA) is 78.7 Å². The first kappa shape index (κ1) is 15.4. The van der Waals surface area contributed by atoms with Crippen molar-refractivity contribution in [3.8, 4) is 11.5 Å². The highest BCUT2D eigenvalue weighted by Gasteiger charge is 2.15. The number of nitro groups is 1. The smallest absolute Gasteiger partial charge is 0.273 e. The Morgan fingerprint density at radius 3 is 2.73 bits per heavy atom. The minimum Gasteiger partial charge on any atom is -0.496 e. The van der Waals surface area contributed by atoms with Crippen LogP contribution in [0.2, 0.25) is 0 Å². The fourth-order valence-electron chi connectivity index (χ4n) is 1.81. The van der Waals surface area contributed by atoms with Gasteiger partial charge in [0.15, 0.2) is 6.61 Å². The molecule has 0 aliphatic rings. The minimum absolute atomic E-state index is 0.0490. The Labute approximate surface area is 125 Å². The van der Waals surface area contributed by atoms with E-state index in [9.17, 15) is 19.3 Å². The summed E-state index contributed by atoms with van der Waals surface area (Å²) in [6.45, 7) is -0.388. The van der Waals surface area contributed by atoms with Crippen LogP contribution in [0.25, 0.3) is 0 Å². The number of carbonyl (C=O) groups excluding carboxylic acids is 1. The van der Waals surface area contributed by atoms with E-state index in [0.29, 0.717) is 0 Å². The Balaban J connectivity index is 2.12. The summed E-state index contributed by atoms with van der Waals surface area (Å²) < 4.78 is 23.4. The molecule has 0 saturated heterocycles. The number of halogens is 1. The molecule has 0 bridgehead atoms. The summed E-state index contributed by atoms with van der Waals surface area (Å²) in [7, 11) is 1.37. The van der Waals surface area contributed by atoms with Gasteiger partial charge in [0.05, 0.1) is 23.7 Å². The minimum atomic E-state index is -0.570. The second-order valence-electron chi connectivity index (χ2n) is 4.31. The maximum atomic E-state index is 13.2. The molecule has 0 N–H and O–H groups in total. The average Bonchev–Trinajstić information content (AvgIpc) is 2.52. The molecular weight excluding hydrogens is 293 g/mol. The van der Waals surface area contributed by atoms with Gasteiger partial charge in [0, 0.05) is 6.07 Å². The Morgan fingerprint density at radius 1 is 1.27 bits per heavy atom. The lowest BCUT2D eigenvalue weighted by Crippen LogP contribution is -2.13. The van der Waals surface area contributed by atoms with E-state index in [1.165, 1.54) is 43.5 Å². The number of nitrogens with zero attached hydrogens (tertiary/aromatic N) is 1. The van der Waals surface area contributed by atoms with Crippen LogP contribution in [0.4, 0.5) is 10.1 Å². The van der Waals surface area contributed by atoms with E-state index in [1.807, 2.05) is 0 Å². The summed E-state index contributed by atoms with van der Waals surface area (Å²) >= 11 is 0. The number of nitro benzene ring substituents is 1. The predicted octanol–water partition coefficient (Wildman–Crippen LogP) is 3.00. The van der Waals surface area contributed by atoms with Crippen LogP contribution >= 0.6 is 0 Å². The monoisotopic (exact) mass is 305 g/mol. The van der Waals surface area contributed by atoms with Crippen molar-refractivity contribution in [2.24, 2.45) is 0 Å². The Morgan fingerprint density at radius 2 is 2.05 bits per heavy atom. The molecule has 0 aromatic heterocycles. The third kappa shape index (κ3) is 3.57. The number of ether oxygens (including phenoxy) is 2. The van der Waals surface area contributed by atoms with Crippen LogP contribution in [0.15, 0.2) is 42.5 Å². The molecule has 0 aliphatic carbocycles. The molecule has 2 aromatic carbocycles. The maximum absolute atomic E-state index is 13.2. The van der Waals surface area contributed by atoms with E-state index in [1.54, 1.807) is 0 Å². The molecule has 0 spiro atoms. The zero-order valence-corrected chi connectivity index (χ0v) is 11.6. The fraction of sp³-hybridized carbons (Fsp3) is 0.133. The summed E-state index contributed by atoms with van der Waals surface area (Å²) in [5.41, 5.74) is -0.0961. The maximum Gasteiger partial charge on any atom is 0.273 e. The van der Waals surface area contributed by atoms with Crippen molar-refractivity contribution in [1.29, 1.82) is 0 Å². The van der Waals surface area contributed by atoms with Crippen LogP contribution in [0.5, 0.6) is 11.5 Å². The number of ketones is 1. The van der Waals surface area contributed by atoms with E-state index in [0.717, 1.165) is 6.07 Å². The van der Waals surface area contributed by atoms with Gasteiger partial charge in [-0.2, -0.15) is 0 Å². The van der Waals surface area contributed by atoms with Crippen molar-refractivity contribution >= 4 is 11.5 Å². The SMILES string of the molecule is COc1ccc(F)cc1C(=O)COc1cccc([N+](=O)[O-])c1. The van der Waals surface area contributed by atoms with E-state index in [2.05, 4.69) is 0 Å². The highest BCUT2D eigenvalue weighted by atomic mass is 19.1. The van der Waals surface area contributed by atoms with Gasteiger partial charge in [0.2, 0.25) is 5.78 Å². The van der Waals surface area contributed by atoms with Crippen LogP contribution in [-0.2, 0) is 0 Å². The van der Waals surface area contributed by atoms with Crippen LogP contribution < -0.4 is 9.47 Å². The highest BCUT2D eigenvalue weighted by molar-refractivity contribution is 5.99. The number of non-ortho nitro benzene ring substituents is 1. The molecule has 0 radical (unpaired) electrons. The molecule has 114 valence electrons. The summed E-state index contributed by atoms with van der Waals surface area (Å²) in [5, 5.41) is 10.7. The molecule has 22 heavy (non-hydrogen) atoms. The lowest BCUT2D eigenvalue weighted by molar-refractivity contribution is -0.384. The molecule has 2 aromatic rings. The average molecular weight is 305 g/mol. The van der Waals surface area contributed by atoms with Crippen LogP contribution in [-0.4, -0.2) is 24.4 Å². The Bertz CT molecular complexity index is 717. The van der Waals surface area contributed by atoms with Gasteiger partial charge in [-0.1, -0.05) is 6.07 Å². The first-order valence-electron chi connectivity index (χ1n) is 6.25. The molecule has 0 heterocycles. The Kier molecular flexibility index (Phi) is 4.67. The van der Waals surface area contributed by atoms with Gasteiger partial charge in [0.1, 0.15) is 17.3 Å². The number of hydrogen-bond donors (Lipinski definition) is 0. The standard InChI is InChI=1S/C15H12FNO5/c1-21-15-6-5-10(16)7-13(15)14(18)9-22-12-4-2-3-11(8-12)17(19)20/h2-8H,9H2,1H3. The number of benzene rings is 2. The molecule has 0 atom stereocenters. The van der Waals surface area contributed by atoms with Gasteiger partial charge in [-0.05, 0) is 24.3 Å². The summed E-state index contributed by atoms with van der Waals surface area (Å²) in [4.78, 5) is 22.2. The zero-order valence-electron chi connectivity index (χ0n) is 11.6. The van der Waals surface area contributed by atoms with Crippen molar-refractivity contribution in [3.05, 3.63) is 64.0 Å². The molecular formula is C15H12FNO5. The summed E-state index contributed by atoms with van der Waals surface area (Å²) in [6.07, 6.45) is 0. The zero-order chi connectivity index (χ0) is 16.1. The number of methoxy groups -OCH3 is 1. The van der Waals surface area contributed by atoms with Gasteiger partial charge < -0.3 is 9.47 Å². The molecule has 6 nitrogen and oxygen atoms in total. The lowest BCUT2D eigenvalue weighted by atomic mass is 10.1. The van der Waals surface area contributed by atoms with Crippen molar-refractivity contribution in [1.82, 2.24) is 0 Å². The number of rotatable bonds is 6. The van der Waals surface area contributed by atoms with Crippen molar-refractivity contribution in [2.45, 2.75) is 0 Å². The van der Waals surface area contributed by atoms with Gasteiger partial charge >= 0.3 is 0 Å². The van der Waals surface area contributed by atoms with Gasteiger partial charge in [0.25, 0.3) is 5.69 Å². The first-order chi connectivity index (χ1) is 10.5. The van der Waals surface area contributed by atoms with E-state index in [-0.39, 0.29) is 29.4 Å². The van der Waals surface area contributed by atoms with Gasteiger partial charge in [-0.15, -0.1) is 0 Å². The van der Waals surface area contributed by atoms with Crippen molar-refractivity contribution < 1.29 is 23.6 Å². The van der Waals surface area contributed by atoms with Gasteiger partial charge in [-0.3, -0.25) is 14.9 Å². The number of Topliss-reactive ketones (excluding diaryl/α,β-unsaturated/α-hetero) is 1. The predicted molar refractivity (Wildman–Crippen MR) is 75.9 cm³/mol. The fourth-order valence-corrected chi connectivity index (χ4v) is 1.81. The molecule has 0 unspecified atom stereocenters. The number of carbonyl (C=O) groups is 1. The Hall–Kier alpha value is -2.96. The summed E-state index contributed by atoms with van der Waals surface area (Å²) in [6, 6.07) is 9.02. The van der Waals surface area contributed by atoms with E-state index in [4.69, 9.17) is 9.47 Å². The second kappa shape index (κ2) is 6.66. The quantitative estimate of drug-likeness (QED) is 0.465. The molecule has 0 saturated carbocycles. The van der Waals surface area contributed by atoms with Crippen molar-refractivity contribution in [3.63, 3.8) is 0 Å².